The van der Waals surface area contributed by atoms with Gasteiger partial charge in [0.1, 0.15) is 17.1 Å². The van der Waals surface area contributed by atoms with E-state index in [4.69, 9.17) is 27.0 Å². The normalized spacial score (nSPS) is 17.0. The van der Waals surface area contributed by atoms with Crippen LogP contribution in [0.5, 0.6) is 11.5 Å². The van der Waals surface area contributed by atoms with Crippen molar-refractivity contribution in [2.45, 2.75) is 38.3 Å². The molecule has 2 aromatic carbocycles. The molecule has 0 aromatic heterocycles. The number of rotatable bonds is 4. The largest absolute Gasteiger partial charge is 0.497 e. The van der Waals surface area contributed by atoms with E-state index in [0.717, 1.165) is 34.7 Å². The molecule has 1 aliphatic rings. The average Bonchev–Trinajstić information content (AvgIpc) is 2.62. The fourth-order valence-corrected chi connectivity index (χ4v) is 3.47. The van der Waals surface area contributed by atoms with Gasteiger partial charge in [-0.1, -0.05) is 12.1 Å². The predicted molar refractivity (Wildman–Crippen MR) is 110 cm³/mol. The molecule has 27 heavy (non-hydrogen) atoms. The number of thiocarbonyl (C=S) groups is 1. The van der Waals surface area contributed by atoms with Crippen LogP contribution in [0.3, 0.4) is 0 Å². The quantitative estimate of drug-likeness (QED) is 0.768. The summed E-state index contributed by atoms with van der Waals surface area (Å²) in [5.41, 5.74) is 2.61. The highest BCUT2D eigenvalue weighted by Crippen LogP contribution is 2.41. The second-order valence-corrected chi connectivity index (χ2v) is 7.56. The summed E-state index contributed by atoms with van der Waals surface area (Å²) in [7, 11) is 1.65. The minimum Gasteiger partial charge on any atom is -0.497 e. The highest BCUT2D eigenvalue weighted by molar-refractivity contribution is 7.80. The number of hydrogen-bond donors (Lipinski definition) is 2. The first-order valence-corrected chi connectivity index (χ1v) is 9.21. The maximum absolute atomic E-state index is 8.76. The molecule has 3 rings (SSSR count). The average molecular weight is 382 g/mol. The van der Waals surface area contributed by atoms with Crippen LogP contribution >= 0.6 is 12.2 Å². The first kappa shape index (κ1) is 19.0. The lowest BCUT2D eigenvalue weighted by atomic mass is 9.89. The second kappa shape index (κ2) is 7.85. The SMILES string of the molecule is COc1ccc2c(c1)OC(C)(C)C[C@H]2NC(=S)Nc1ccc(CC#N)cc1. The van der Waals surface area contributed by atoms with Gasteiger partial charge in [0, 0.05) is 23.7 Å². The summed E-state index contributed by atoms with van der Waals surface area (Å²) in [5, 5.41) is 15.9. The lowest BCUT2D eigenvalue weighted by molar-refractivity contribution is 0.0693. The van der Waals surface area contributed by atoms with E-state index >= 15 is 0 Å². The molecule has 0 saturated heterocycles. The van der Waals surface area contributed by atoms with Gasteiger partial charge in [-0.15, -0.1) is 0 Å². The van der Waals surface area contributed by atoms with Crippen LogP contribution in [0.1, 0.15) is 37.4 Å². The number of hydrogen-bond acceptors (Lipinski definition) is 4. The van der Waals surface area contributed by atoms with Crippen LogP contribution in [0.2, 0.25) is 0 Å². The van der Waals surface area contributed by atoms with Crippen LogP contribution < -0.4 is 20.1 Å². The number of fused-ring (bicyclic) bond motifs is 1. The van der Waals surface area contributed by atoms with Crippen LogP contribution in [0.4, 0.5) is 5.69 Å². The second-order valence-electron chi connectivity index (χ2n) is 7.15. The van der Waals surface area contributed by atoms with Crippen molar-refractivity contribution < 1.29 is 9.47 Å². The zero-order valence-corrected chi connectivity index (χ0v) is 16.5. The third-order valence-electron chi connectivity index (χ3n) is 4.48. The maximum atomic E-state index is 8.76. The number of benzene rings is 2. The lowest BCUT2D eigenvalue weighted by Gasteiger charge is -2.38. The molecule has 0 amide bonds. The van der Waals surface area contributed by atoms with E-state index < -0.39 is 0 Å². The highest BCUT2D eigenvalue weighted by atomic mass is 32.1. The van der Waals surface area contributed by atoms with E-state index in [0.29, 0.717) is 11.5 Å². The van der Waals surface area contributed by atoms with Gasteiger partial charge in [0.05, 0.1) is 25.6 Å². The van der Waals surface area contributed by atoms with Crippen LogP contribution in [0, 0.1) is 11.3 Å². The molecule has 0 saturated carbocycles. The molecule has 0 fully saturated rings. The van der Waals surface area contributed by atoms with Gasteiger partial charge < -0.3 is 20.1 Å². The first-order valence-electron chi connectivity index (χ1n) is 8.80. The number of ether oxygens (including phenoxy) is 2. The van der Waals surface area contributed by atoms with Crippen LogP contribution in [-0.4, -0.2) is 17.8 Å². The Kier molecular flexibility index (Phi) is 5.52. The fourth-order valence-electron chi connectivity index (χ4n) is 3.21. The van der Waals surface area contributed by atoms with Crippen molar-refractivity contribution >= 4 is 23.0 Å². The monoisotopic (exact) mass is 381 g/mol. The molecular weight excluding hydrogens is 358 g/mol. The zero-order valence-electron chi connectivity index (χ0n) is 15.7. The van der Waals surface area contributed by atoms with Crippen LogP contribution in [-0.2, 0) is 6.42 Å². The molecule has 1 aliphatic heterocycles. The van der Waals surface area contributed by atoms with Crippen molar-refractivity contribution in [1.29, 1.82) is 5.26 Å². The van der Waals surface area contributed by atoms with Gasteiger partial charge in [0.15, 0.2) is 5.11 Å². The highest BCUT2D eigenvalue weighted by Gasteiger charge is 2.34. The Morgan fingerprint density at radius 3 is 2.70 bits per heavy atom. The van der Waals surface area contributed by atoms with Gasteiger partial charge in [-0.3, -0.25) is 0 Å². The van der Waals surface area contributed by atoms with E-state index in [1.807, 2.05) is 42.5 Å². The Hall–Kier alpha value is -2.78. The number of methoxy groups -OCH3 is 1. The standard InChI is InChI=1S/C21H23N3O2S/c1-21(2)13-18(17-9-8-16(25-3)12-19(17)26-21)24-20(27)23-15-6-4-14(5-7-15)10-11-22/h4-9,12,18H,10,13H2,1-3H3,(H2,23,24,27)/t18-/m1/s1. The summed E-state index contributed by atoms with van der Waals surface area (Å²) >= 11 is 5.51. The molecular formula is C21H23N3O2S. The van der Waals surface area contributed by atoms with Gasteiger partial charge in [0.2, 0.25) is 0 Å². The first-order chi connectivity index (χ1) is 12.9. The number of anilines is 1. The van der Waals surface area contributed by atoms with E-state index in [1.54, 1.807) is 7.11 Å². The van der Waals surface area contributed by atoms with Crippen molar-refractivity contribution in [1.82, 2.24) is 5.32 Å². The van der Waals surface area contributed by atoms with Crippen molar-refractivity contribution in [3.05, 3.63) is 53.6 Å². The Bertz CT molecular complexity index is 872. The molecule has 0 bridgehead atoms. The minimum absolute atomic E-state index is 0.0347. The topological polar surface area (TPSA) is 66.3 Å². The molecule has 0 aliphatic carbocycles. The van der Waals surface area contributed by atoms with Crippen LogP contribution in [0.15, 0.2) is 42.5 Å². The Morgan fingerprint density at radius 1 is 1.30 bits per heavy atom. The fraction of sp³-hybridized carbons (Fsp3) is 0.333. The summed E-state index contributed by atoms with van der Waals surface area (Å²) in [5.74, 6) is 1.58. The molecule has 6 heteroatoms. The van der Waals surface area contributed by atoms with E-state index in [1.165, 1.54) is 0 Å². The Balaban J connectivity index is 1.73. The van der Waals surface area contributed by atoms with E-state index in [-0.39, 0.29) is 11.6 Å². The number of nitrogens with zero attached hydrogens (tertiary/aromatic N) is 1. The van der Waals surface area contributed by atoms with Crippen LogP contribution in [0.25, 0.3) is 0 Å². The Morgan fingerprint density at radius 2 is 2.04 bits per heavy atom. The summed E-state index contributed by atoms with van der Waals surface area (Å²) in [4.78, 5) is 0. The van der Waals surface area contributed by atoms with Gasteiger partial charge in [-0.05, 0) is 55.9 Å². The molecule has 0 radical (unpaired) electrons. The van der Waals surface area contributed by atoms with Gasteiger partial charge >= 0.3 is 0 Å². The summed E-state index contributed by atoms with van der Waals surface area (Å²) in [6, 6.07) is 15.7. The number of nitriles is 1. The third-order valence-corrected chi connectivity index (χ3v) is 4.70. The Labute approximate surface area is 165 Å². The van der Waals surface area contributed by atoms with E-state index in [2.05, 4.69) is 30.6 Å². The van der Waals surface area contributed by atoms with Crippen molar-refractivity contribution in [2.24, 2.45) is 0 Å². The lowest BCUT2D eigenvalue weighted by Crippen LogP contribution is -2.42. The molecule has 1 atom stereocenters. The zero-order chi connectivity index (χ0) is 19.4. The van der Waals surface area contributed by atoms with E-state index in [9.17, 15) is 0 Å². The number of nitrogens with one attached hydrogen (secondary N) is 2. The van der Waals surface area contributed by atoms with Crippen molar-refractivity contribution in [3.8, 4) is 17.6 Å². The summed E-state index contributed by atoms with van der Waals surface area (Å²) in [6.07, 6.45) is 1.19. The maximum Gasteiger partial charge on any atom is 0.171 e. The molecule has 1 heterocycles. The molecule has 140 valence electrons. The third kappa shape index (κ3) is 4.69. The smallest absolute Gasteiger partial charge is 0.171 e. The molecule has 0 spiro atoms. The van der Waals surface area contributed by atoms with Gasteiger partial charge in [-0.25, -0.2) is 0 Å². The minimum atomic E-state index is -0.314. The van der Waals surface area contributed by atoms with Gasteiger partial charge in [0.25, 0.3) is 0 Å². The molecule has 0 unspecified atom stereocenters. The predicted octanol–water partition coefficient (Wildman–Crippen LogP) is 4.35. The van der Waals surface area contributed by atoms with Crippen molar-refractivity contribution in [3.63, 3.8) is 0 Å². The summed E-state index contributed by atoms with van der Waals surface area (Å²) < 4.78 is 11.4. The molecule has 2 N–H and O–H groups in total. The van der Waals surface area contributed by atoms with Gasteiger partial charge in [-0.2, -0.15) is 5.26 Å². The summed E-state index contributed by atoms with van der Waals surface area (Å²) in [6.45, 7) is 4.13. The van der Waals surface area contributed by atoms with Crippen molar-refractivity contribution in [2.75, 3.05) is 12.4 Å². The molecule has 2 aromatic rings. The molecule has 5 nitrogen and oxygen atoms in total.